The van der Waals surface area contributed by atoms with Crippen LogP contribution in [-0.4, -0.2) is 57.7 Å². The van der Waals surface area contributed by atoms with Crippen molar-refractivity contribution in [2.24, 2.45) is 4.99 Å². The van der Waals surface area contributed by atoms with Gasteiger partial charge in [-0.3, -0.25) is 0 Å². The number of rotatable bonds is 7. The Bertz CT molecular complexity index is 1630. The summed E-state index contributed by atoms with van der Waals surface area (Å²) in [7, 11) is 0. The lowest BCUT2D eigenvalue weighted by Gasteiger charge is -2.28. The van der Waals surface area contributed by atoms with Gasteiger partial charge in [-0.2, -0.15) is 5.26 Å². The normalized spacial score (nSPS) is 16.8. The maximum Gasteiger partial charge on any atom is 0.289 e. The minimum atomic E-state index is -1.51. The van der Waals surface area contributed by atoms with Crippen molar-refractivity contribution in [2.45, 2.75) is 25.6 Å². The first-order valence-electron chi connectivity index (χ1n) is 12.3. The van der Waals surface area contributed by atoms with Crippen molar-refractivity contribution in [1.29, 1.82) is 5.26 Å². The van der Waals surface area contributed by atoms with Crippen LogP contribution < -0.4 is 14.8 Å². The molecule has 2 aromatic carbocycles. The van der Waals surface area contributed by atoms with Gasteiger partial charge in [-0.05, 0) is 37.6 Å². The third-order valence-electron chi connectivity index (χ3n) is 6.06. The van der Waals surface area contributed by atoms with Gasteiger partial charge in [0.2, 0.25) is 0 Å². The Morgan fingerprint density at radius 3 is 2.62 bits per heavy atom. The number of hydrogen-bond donors (Lipinski definition) is 4. The molecule has 1 aliphatic rings. The van der Waals surface area contributed by atoms with E-state index in [2.05, 4.69) is 26.3 Å². The van der Waals surface area contributed by atoms with Gasteiger partial charge in [0, 0.05) is 35.8 Å². The molecule has 5 rings (SSSR count). The van der Waals surface area contributed by atoms with Gasteiger partial charge in [-0.1, -0.05) is 6.07 Å². The number of aromatic amines is 1. The van der Waals surface area contributed by atoms with Gasteiger partial charge >= 0.3 is 0 Å². The number of fused-ring (bicyclic) bond motifs is 1. The zero-order chi connectivity index (χ0) is 28.4. The molecule has 2 aromatic heterocycles. The highest BCUT2D eigenvalue weighted by molar-refractivity contribution is 5.98. The fraction of sp³-hybridized carbons (Fsp3) is 0.250. The number of aliphatic hydroxyl groups is 2. The number of nitriles is 1. The molecule has 10 nitrogen and oxygen atoms in total. The average molecular weight is 550 g/mol. The molecule has 206 valence electrons. The molecule has 0 amide bonds. The van der Waals surface area contributed by atoms with Crippen LogP contribution in [-0.2, 0) is 4.74 Å². The highest BCUT2D eigenvalue weighted by Crippen LogP contribution is 2.39. The summed E-state index contributed by atoms with van der Waals surface area (Å²) in [4.78, 5) is 11.3. The molecule has 0 bridgehead atoms. The van der Waals surface area contributed by atoms with Crippen LogP contribution in [0.5, 0.6) is 17.2 Å². The molecule has 0 saturated carbocycles. The number of ether oxygens (including phenoxy) is 3. The quantitative estimate of drug-likeness (QED) is 0.264. The second kappa shape index (κ2) is 10.8. The number of anilines is 1. The first kappa shape index (κ1) is 26.9. The summed E-state index contributed by atoms with van der Waals surface area (Å²) in [6.07, 6.45) is 3.00. The average Bonchev–Trinajstić information content (AvgIpc) is 3.37. The van der Waals surface area contributed by atoms with Crippen molar-refractivity contribution in [3.63, 3.8) is 0 Å². The van der Waals surface area contributed by atoms with E-state index in [1.165, 1.54) is 12.3 Å². The number of amidine groups is 1. The lowest BCUT2D eigenvalue weighted by atomic mass is 10.0. The number of aliphatic hydroxyl groups excluding tert-OH is 1. The SMILES string of the molecule is CC(C)Oc1ccc(-c2c[nH]c3nccc(Oc4c(F)cc(NC5=NC[C@@](O)(CO)CO5)cc4F)c23)cc1C#N. The Balaban J connectivity index is 1.45. The van der Waals surface area contributed by atoms with E-state index in [0.29, 0.717) is 33.5 Å². The highest BCUT2D eigenvalue weighted by atomic mass is 19.1. The number of nitrogens with zero attached hydrogens (tertiary/aromatic N) is 3. The first-order chi connectivity index (χ1) is 19.2. The molecule has 12 heteroatoms. The van der Waals surface area contributed by atoms with Gasteiger partial charge < -0.3 is 34.7 Å². The van der Waals surface area contributed by atoms with Crippen molar-refractivity contribution >= 4 is 22.7 Å². The molecular formula is C28H25F2N5O5. The molecule has 0 aliphatic carbocycles. The van der Waals surface area contributed by atoms with Crippen LogP contribution in [0.2, 0.25) is 0 Å². The predicted molar refractivity (Wildman–Crippen MR) is 142 cm³/mol. The molecule has 0 unspecified atom stereocenters. The zero-order valence-corrected chi connectivity index (χ0v) is 21.5. The van der Waals surface area contributed by atoms with E-state index in [-0.39, 0.29) is 36.7 Å². The topological polar surface area (TPSA) is 145 Å². The Labute approximate surface area is 227 Å². The molecule has 0 saturated heterocycles. The molecule has 0 spiro atoms. The Kier molecular flexibility index (Phi) is 7.25. The van der Waals surface area contributed by atoms with Crippen LogP contribution >= 0.6 is 0 Å². The van der Waals surface area contributed by atoms with Crippen molar-refractivity contribution < 1.29 is 33.2 Å². The van der Waals surface area contributed by atoms with Gasteiger partial charge in [-0.15, -0.1) is 0 Å². The van der Waals surface area contributed by atoms with Crippen LogP contribution in [0.3, 0.4) is 0 Å². The monoisotopic (exact) mass is 549 g/mol. The van der Waals surface area contributed by atoms with Crippen LogP contribution in [0.4, 0.5) is 14.5 Å². The third kappa shape index (κ3) is 5.38. The largest absolute Gasteiger partial charge is 0.490 e. The van der Waals surface area contributed by atoms with Crippen LogP contribution in [0.15, 0.2) is 53.8 Å². The zero-order valence-electron chi connectivity index (χ0n) is 21.5. The number of pyridine rings is 1. The van der Waals surface area contributed by atoms with Crippen LogP contribution in [0, 0.1) is 23.0 Å². The number of halogens is 2. The van der Waals surface area contributed by atoms with Crippen molar-refractivity contribution in [1.82, 2.24) is 9.97 Å². The van der Waals surface area contributed by atoms with E-state index in [1.54, 1.807) is 24.4 Å². The van der Waals surface area contributed by atoms with Crippen LogP contribution in [0.25, 0.3) is 22.2 Å². The van der Waals surface area contributed by atoms with Gasteiger partial charge in [0.25, 0.3) is 6.02 Å². The fourth-order valence-corrected chi connectivity index (χ4v) is 4.13. The summed E-state index contributed by atoms with van der Waals surface area (Å²) in [5.41, 5.74) is 0.513. The summed E-state index contributed by atoms with van der Waals surface area (Å²) < 4.78 is 46.9. The van der Waals surface area contributed by atoms with Gasteiger partial charge in [0.1, 0.15) is 35.4 Å². The Hall–Kier alpha value is -4.73. The number of benzene rings is 2. The molecule has 0 fully saturated rings. The molecule has 0 radical (unpaired) electrons. The van der Waals surface area contributed by atoms with Crippen LogP contribution in [0.1, 0.15) is 19.4 Å². The van der Waals surface area contributed by atoms with E-state index in [1.807, 2.05) is 13.8 Å². The maximum absolute atomic E-state index is 15.1. The summed E-state index contributed by atoms with van der Waals surface area (Å²) in [5, 5.41) is 31.9. The molecule has 1 aliphatic heterocycles. The molecule has 4 N–H and O–H groups in total. The number of hydrogen-bond acceptors (Lipinski definition) is 9. The van der Waals surface area contributed by atoms with E-state index < -0.39 is 29.6 Å². The smallest absolute Gasteiger partial charge is 0.289 e. The molecule has 1 atom stereocenters. The molecule has 40 heavy (non-hydrogen) atoms. The summed E-state index contributed by atoms with van der Waals surface area (Å²) in [5.74, 6) is -2.03. The van der Waals surface area contributed by atoms with E-state index >= 15 is 8.78 Å². The lowest BCUT2D eigenvalue weighted by molar-refractivity contribution is -0.0511. The standard InChI is InChI=1S/C28H25F2N5O5/c1-15(2)39-22-4-3-16(7-17(22)10-31)19-11-33-26-24(19)23(5-6-32-26)40-25-20(29)8-18(9-21(25)30)35-27-34-12-28(37,13-36)14-38-27/h3-9,11,15,36-37H,12-14H2,1-2H3,(H,32,33)(H,34,35)/t28-/m1/s1. The van der Waals surface area contributed by atoms with Gasteiger partial charge in [-0.25, -0.2) is 18.8 Å². The van der Waals surface area contributed by atoms with Gasteiger partial charge in [0.15, 0.2) is 17.4 Å². The summed E-state index contributed by atoms with van der Waals surface area (Å²) >= 11 is 0. The van der Waals surface area contributed by atoms with Crippen molar-refractivity contribution in [2.75, 3.05) is 25.1 Å². The second-order valence-corrected chi connectivity index (χ2v) is 9.51. The highest BCUT2D eigenvalue weighted by Gasteiger charge is 2.31. The molecular weight excluding hydrogens is 524 g/mol. The minimum Gasteiger partial charge on any atom is -0.490 e. The molecule has 4 aromatic rings. The number of nitrogens with one attached hydrogen (secondary N) is 2. The van der Waals surface area contributed by atoms with E-state index in [4.69, 9.17) is 14.2 Å². The Morgan fingerprint density at radius 2 is 1.98 bits per heavy atom. The van der Waals surface area contributed by atoms with Crippen molar-refractivity contribution in [3.05, 3.63) is 66.0 Å². The minimum absolute atomic E-state index is 0.00508. The van der Waals surface area contributed by atoms with Crippen molar-refractivity contribution in [3.8, 4) is 34.4 Å². The summed E-state index contributed by atoms with van der Waals surface area (Å²) in [6, 6.07) is 10.7. The van der Waals surface area contributed by atoms with E-state index in [9.17, 15) is 15.5 Å². The van der Waals surface area contributed by atoms with Gasteiger partial charge in [0.05, 0.1) is 30.2 Å². The number of aliphatic imine (C=N–C) groups is 1. The third-order valence-corrected chi connectivity index (χ3v) is 6.06. The summed E-state index contributed by atoms with van der Waals surface area (Å²) in [6.45, 7) is 2.81. The second-order valence-electron chi connectivity index (χ2n) is 9.51. The predicted octanol–water partition coefficient (Wildman–Crippen LogP) is 4.48. The molecule has 3 heterocycles. The lowest BCUT2D eigenvalue weighted by Crippen LogP contribution is -2.46. The maximum atomic E-state index is 15.1. The fourth-order valence-electron chi connectivity index (χ4n) is 4.13. The van der Waals surface area contributed by atoms with E-state index in [0.717, 1.165) is 12.1 Å². The number of H-pyrrole nitrogens is 1. The number of aromatic nitrogens is 2. The Morgan fingerprint density at radius 1 is 1.20 bits per heavy atom. The first-order valence-corrected chi connectivity index (χ1v) is 12.3.